The molecule has 0 radical (unpaired) electrons. The molecule has 5 heteroatoms. The van der Waals surface area contributed by atoms with E-state index in [-0.39, 0.29) is 6.03 Å². The van der Waals surface area contributed by atoms with E-state index in [0.717, 1.165) is 37.9 Å². The average Bonchev–Trinajstić information content (AvgIpc) is 2.63. The van der Waals surface area contributed by atoms with E-state index >= 15 is 0 Å². The van der Waals surface area contributed by atoms with Crippen LogP contribution >= 0.6 is 11.8 Å². The number of benzene rings is 1. The lowest BCUT2D eigenvalue weighted by atomic mass is 9.94. The summed E-state index contributed by atoms with van der Waals surface area (Å²) in [4.78, 5) is 18.2. The van der Waals surface area contributed by atoms with Crippen molar-refractivity contribution < 1.29 is 4.79 Å². The van der Waals surface area contributed by atoms with E-state index in [1.54, 1.807) is 11.8 Å². The second kappa shape index (κ2) is 8.06. The van der Waals surface area contributed by atoms with Gasteiger partial charge in [0.1, 0.15) is 0 Å². The van der Waals surface area contributed by atoms with Crippen LogP contribution in [0.5, 0.6) is 0 Å². The van der Waals surface area contributed by atoms with E-state index in [1.807, 2.05) is 29.4 Å². The van der Waals surface area contributed by atoms with Gasteiger partial charge in [-0.05, 0) is 37.3 Å². The predicted octanol–water partition coefficient (Wildman–Crippen LogP) is 3.89. The molecule has 2 amide bonds. The highest BCUT2D eigenvalue weighted by molar-refractivity contribution is 7.98. The van der Waals surface area contributed by atoms with Gasteiger partial charge >= 0.3 is 6.03 Å². The first kappa shape index (κ1) is 16.7. The lowest BCUT2D eigenvalue weighted by molar-refractivity contribution is 0.0943. The second-order valence-electron chi connectivity index (χ2n) is 6.48. The number of hydrogen-bond acceptors (Lipinski definition) is 3. The number of urea groups is 1. The fraction of sp³-hybridized carbons (Fsp3) is 0.611. The summed E-state index contributed by atoms with van der Waals surface area (Å²) in [6.45, 7) is 3.71. The number of piperazine rings is 1. The van der Waals surface area contributed by atoms with Gasteiger partial charge in [0.05, 0.1) is 0 Å². The highest BCUT2D eigenvalue weighted by atomic mass is 32.2. The van der Waals surface area contributed by atoms with Crippen LogP contribution in [0.1, 0.15) is 32.1 Å². The van der Waals surface area contributed by atoms with E-state index in [2.05, 4.69) is 16.3 Å². The molecule has 2 fully saturated rings. The van der Waals surface area contributed by atoms with Gasteiger partial charge < -0.3 is 10.2 Å². The first-order valence-corrected chi connectivity index (χ1v) is 9.93. The zero-order valence-corrected chi connectivity index (χ0v) is 14.8. The average molecular weight is 334 g/mol. The van der Waals surface area contributed by atoms with E-state index in [9.17, 15) is 4.79 Å². The van der Waals surface area contributed by atoms with Gasteiger partial charge in [0.25, 0.3) is 0 Å². The van der Waals surface area contributed by atoms with Crippen molar-refractivity contribution in [2.75, 3.05) is 37.8 Å². The summed E-state index contributed by atoms with van der Waals surface area (Å²) < 4.78 is 0. The fourth-order valence-corrected chi connectivity index (χ4v) is 4.10. The molecule has 3 rings (SSSR count). The molecule has 23 heavy (non-hydrogen) atoms. The summed E-state index contributed by atoms with van der Waals surface area (Å²) >= 11 is 1.69. The van der Waals surface area contributed by atoms with Gasteiger partial charge in [-0.15, -0.1) is 11.8 Å². The molecule has 1 aliphatic heterocycles. The number of nitrogens with zero attached hydrogens (tertiary/aromatic N) is 2. The SMILES string of the molecule is CSc1cccc(NC(=O)N2CCN(C3CCCCC3)CC2)c1. The molecule has 1 saturated carbocycles. The number of rotatable bonds is 3. The molecular formula is C18H27N3OS. The maximum atomic E-state index is 12.4. The van der Waals surface area contributed by atoms with Crippen LogP contribution in [0.4, 0.5) is 10.5 Å². The standard InChI is InChI=1S/C18H27N3OS/c1-23-17-9-5-6-15(14-17)19-18(22)21-12-10-20(11-13-21)16-7-3-2-4-8-16/h5-6,9,14,16H,2-4,7-8,10-13H2,1H3,(H,19,22). The van der Waals surface area contributed by atoms with Crippen LogP contribution in [-0.2, 0) is 0 Å². The number of anilines is 1. The molecule has 1 aliphatic carbocycles. The third-order valence-corrected chi connectivity index (χ3v) is 5.74. The van der Waals surface area contributed by atoms with Crippen molar-refractivity contribution in [1.82, 2.24) is 9.80 Å². The number of hydrogen-bond donors (Lipinski definition) is 1. The predicted molar refractivity (Wildman–Crippen MR) is 97.3 cm³/mol. The molecule has 0 atom stereocenters. The second-order valence-corrected chi connectivity index (χ2v) is 7.36. The Balaban J connectivity index is 1.49. The third-order valence-electron chi connectivity index (χ3n) is 5.01. The number of carbonyl (C=O) groups is 1. The molecule has 126 valence electrons. The molecule has 1 N–H and O–H groups in total. The molecule has 0 spiro atoms. The topological polar surface area (TPSA) is 35.6 Å². The van der Waals surface area contributed by atoms with Crippen LogP contribution in [0, 0.1) is 0 Å². The van der Waals surface area contributed by atoms with Crippen molar-refractivity contribution in [2.45, 2.75) is 43.0 Å². The minimum absolute atomic E-state index is 0.0338. The molecule has 0 aromatic heterocycles. The van der Waals surface area contributed by atoms with Crippen LogP contribution in [-0.4, -0.2) is 54.3 Å². The monoisotopic (exact) mass is 333 g/mol. The van der Waals surface area contributed by atoms with Gasteiger partial charge in [-0.25, -0.2) is 4.79 Å². The molecule has 1 saturated heterocycles. The van der Waals surface area contributed by atoms with Crippen LogP contribution in [0.3, 0.4) is 0 Å². The minimum atomic E-state index is 0.0338. The van der Waals surface area contributed by atoms with Crippen molar-refractivity contribution in [3.8, 4) is 0 Å². The van der Waals surface area contributed by atoms with Gasteiger partial charge in [0.2, 0.25) is 0 Å². The smallest absolute Gasteiger partial charge is 0.321 e. The Kier molecular flexibility index (Phi) is 5.84. The lowest BCUT2D eigenvalue weighted by Crippen LogP contribution is -2.53. The maximum absolute atomic E-state index is 12.4. The van der Waals surface area contributed by atoms with Crippen LogP contribution in [0.15, 0.2) is 29.2 Å². The van der Waals surface area contributed by atoms with Gasteiger partial charge in [0.15, 0.2) is 0 Å². The third kappa shape index (κ3) is 4.42. The fourth-order valence-electron chi connectivity index (χ4n) is 3.64. The van der Waals surface area contributed by atoms with Crippen molar-refractivity contribution >= 4 is 23.5 Å². The lowest BCUT2D eigenvalue weighted by Gasteiger charge is -2.40. The van der Waals surface area contributed by atoms with Crippen molar-refractivity contribution in [3.63, 3.8) is 0 Å². The minimum Gasteiger partial charge on any atom is -0.322 e. The number of nitrogens with one attached hydrogen (secondary N) is 1. The Morgan fingerprint density at radius 1 is 1.13 bits per heavy atom. The van der Waals surface area contributed by atoms with Crippen molar-refractivity contribution in [3.05, 3.63) is 24.3 Å². The summed E-state index contributed by atoms with van der Waals surface area (Å²) in [6, 6.07) is 8.82. The van der Waals surface area contributed by atoms with E-state index in [4.69, 9.17) is 0 Å². The normalized spacial score (nSPS) is 20.5. The number of amides is 2. The van der Waals surface area contributed by atoms with E-state index in [1.165, 1.54) is 37.0 Å². The Labute approximate surface area is 143 Å². The van der Waals surface area contributed by atoms with Crippen LogP contribution in [0.25, 0.3) is 0 Å². The molecule has 1 heterocycles. The molecule has 0 unspecified atom stereocenters. The Hall–Kier alpha value is -1.20. The highest BCUT2D eigenvalue weighted by Crippen LogP contribution is 2.24. The molecule has 4 nitrogen and oxygen atoms in total. The number of thioether (sulfide) groups is 1. The maximum Gasteiger partial charge on any atom is 0.321 e. The molecule has 1 aromatic carbocycles. The van der Waals surface area contributed by atoms with Crippen molar-refractivity contribution in [1.29, 1.82) is 0 Å². The highest BCUT2D eigenvalue weighted by Gasteiger charge is 2.26. The zero-order valence-electron chi connectivity index (χ0n) is 14.0. The Morgan fingerprint density at radius 2 is 1.87 bits per heavy atom. The summed E-state index contributed by atoms with van der Waals surface area (Å²) in [7, 11) is 0. The summed E-state index contributed by atoms with van der Waals surface area (Å²) in [6.07, 6.45) is 8.87. The Morgan fingerprint density at radius 3 is 2.57 bits per heavy atom. The van der Waals surface area contributed by atoms with Gasteiger partial charge in [-0.1, -0.05) is 25.3 Å². The van der Waals surface area contributed by atoms with Crippen LogP contribution < -0.4 is 5.32 Å². The first-order chi connectivity index (χ1) is 11.3. The first-order valence-electron chi connectivity index (χ1n) is 8.70. The molecule has 0 bridgehead atoms. The largest absolute Gasteiger partial charge is 0.322 e. The van der Waals surface area contributed by atoms with E-state index in [0.29, 0.717) is 0 Å². The molecule has 2 aliphatic rings. The van der Waals surface area contributed by atoms with Crippen molar-refractivity contribution in [2.24, 2.45) is 0 Å². The quantitative estimate of drug-likeness (QED) is 0.853. The Bertz CT molecular complexity index is 523. The van der Waals surface area contributed by atoms with E-state index < -0.39 is 0 Å². The van der Waals surface area contributed by atoms with Gasteiger partial charge in [-0.3, -0.25) is 4.90 Å². The van der Waals surface area contributed by atoms with Gasteiger partial charge in [-0.2, -0.15) is 0 Å². The number of carbonyl (C=O) groups excluding carboxylic acids is 1. The van der Waals surface area contributed by atoms with Gasteiger partial charge in [0, 0.05) is 42.8 Å². The molecular weight excluding hydrogens is 306 g/mol. The summed E-state index contributed by atoms with van der Waals surface area (Å²) in [5, 5.41) is 3.04. The van der Waals surface area contributed by atoms with Crippen LogP contribution in [0.2, 0.25) is 0 Å². The summed E-state index contributed by atoms with van der Waals surface area (Å²) in [5.41, 5.74) is 0.886. The zero-order chi connectivity index (χ0) is 16.1. The summed E-state index contributed by atoms with van der Waals surface area (Å²) in [5.74, 6) is 0. The molecule has 1 aromatic rings.